The van der Waals surface area contributed by atoms with E-state index in [4.69, 9.17) is 5.11 Å². The average molecular weight is 172 g/mol. The van der Waals surface area contributed by atoms with Crippen LogP contribution < -0.4 is 0 Å². The zero-order valence-corrected chi connectivity index (χ0v) is 8.68. The molecule has 0 unspecified atom stereocenters. The van der Waals surface area contributed by atoms with E-state index >= 15 is 0 Å². The maximum Gasteiger partial charge on any atom is 0.0433 e. The summed E-state index contributed by atoms with van der Waals surface area (Å²) in [5.41, 5.74) is 0. The molecule has 0 bridgehead atoms. The molecule has 12 heavy (non-hydrogen) atoms. The Morgan fingerprint density at radius 3 is 1.67 bits per heavy atom. The van der Waals surface area contributed by atoms with E-state index in [0.29, 0.717) is 6.61 Å². The van der Waals surface area contributed by atoms with Crippen molar-refractivity contribution in [1.29, 1.82) is 0 Å². The molecule has 0 heterocycles. The van der Waals surface area contributed by atoms with Crippen LogP contribution in [0.2, 0.25) is 0 Å². The lowest BCUT2D eigenvalue weighted by atomic mass is 9.95. The molecule has 0 aliphatic rings. The van der Waals surface area contributed by atoms with E-state index in [9.17, 15) is 0 Å². The van der Waals surface area contributed by atoms with Gasteiger partial charge in [0.25, 0.3) is 0 Å². The van der Waals surface area contributed by atoms with Gasteiger partial charge in [0.1, 0.15) is 0 Å². The highest BCUT2D eigenvalue weighted by molar-refractivity contribution is 4.56. The first-order valence-corrected chi connectivity index (χ1v) is 4.96. The van der Waals surface area contributed by atoms with Crippen molar-refractivity contribution in [2.24, 2.45) is 5.92 Å². The Labute approximate surface area is 77.5 Å². The molecule has 0 aliphatic carbocycles. The Kier molecular flexibility index (Phi) is 15.8. The van der Waals surface area contributed by atoms with Gasteiger partial charge in [-0.3, -0.25) is 0 Å². The third-order valence-corrected chi connectivity index (χ3v) is 1.93. The van der Waals surface area contributed by atoms with Gasteiger partial charge in [-0.25, -0.2) is 0 Å². The van der Waals surface area contributed by atoms with E-state index < -0.39 is 0 Å². The molecule has 1 N–H and O–H groups in total. The van der Waals surface area contributed by atoms with E-state index in [1.807, 2.05) is 0 Å². The number of aliphatic hydroxyl groups is 1. The second-order valence-corrected chi connectivity index (χ2v) is 2.96. The lowest BCUT2D eigenvalue weighted by Gasteiger charge is -2.12. The van der Waals surface area contributed by atoms with Crippen molar-refractivity contribution in [1.82, 2.24) is 0 Å². The molecule has 74 valence electrons. The normalized spacial score (nSPS) is 9.33. The highest BCUT2D eigenvalue weighted by Crippen LogP contribution is 2.16. The Bertz CT molecular complexity index is 57.1. The molecule has 0 saturated carbocycles. The highest BCUT2D eigenvalue weighted by Gasteiger charge is 2.04. The van der Waals surface area contributed by atoms with Crippen molar-refractivity contribution >= 4 is 0 Å². The van der Waals surface area contributed by atoms with Crippen LogP contribution in [0.1, 0.15) is 46.0 Å². The summed E-state index contributed by atoms with van der Waals surface area (Å²) in [4.78, 5) is 0. The van der Waals surface area contributed by atoms with Crippen molar-refractivity contribution in [2.45, 2.75) is 46.0 Å². The zero-order chi connectivity index (χ0) is 9.82. The van der Waals surface area contributed by atoms with Crippen molar-refractivity contribution in [3.63, 3.8) is 0 Å². The summed E-state index contributed by atoms with van der Waals surface area (Å²) in [6, 6.07) is 0. The monoisotopic (exact) mass is 172 g/mol. The van der Waals surface area contributed by atoms with Crippen molar-refractivity contribution in [3.05, 3.63) is 13.2 Å². The fourth-order valence-corrected chi connectivity index (χ4v) is 1.43. The molecule has 0 atom stereocenters. The van der Waals surface area contributed by atoms with Gasteiger partial charge in [-0.1, -0.05) is 39.5 Å². The molecular formula is C11H24O. The summed E-state index contributed by atoms with van der Waals surface area (Å²) < 4.78 is 0. The Morgan fingerprint density at radius 2 is 1.42 bits per heavy atom. The summed E-state index contributed by atoms with van der Waals surface area (Å²) >= 11 is 0. The molecule has 0 aromatic heterocycles. The van der Waals surface area contributed by atoms with Gasteiger partial charge < -0.3 is 5.11 Å². The van der Waals surface area contributed by atoms with Crippen molar-refractivity contribution in [3.8, 4) is 0 Å². The van der Waals surface area contributed by atoms with E-state index in [1.54, 1.807) is 0 Å². The van der Waals surface area contributed by atoms with Crippen LogP contribution in [0.5, 0.6) is 0 Å². The third-order valence-electron chi connectivity index (χ3n) is 1.93. The van der Waals surface area contributed by atoms with E-state index in [0.717, 1.165) is 12.3 Å². The Hall–Kier alpha value is -0.300. The van der Waals surface area contributed by atoms with Crippen LogP contribution in [0, 0.1) is 5.92 Å². The van der Waals surface area contributed by atoms with Gasteiger partial charge >= 0.3 is 0 Å². The van der Waals surface area contributed by atoms with Gasteiger partial charge in [0.05, 0.1) is 0 Å². The SMILES string of the molecule is C=C.CCCC(CCC)CCO. The maximum absolute atomic E-state index is 8.69. The minimum Gasteiger partial charge on any atom is -0.396 e. The fraction of sp³-hybridized carbons (Fsp3) is 0.818. The zero-order valence-electron chi connectivity index (χ0n) is 8.68. The van der Waals surface area contributed by atoms with Crippen molar-refractivity contribution in [2.75, 3.05) is 6.61 Å². The van der Waals surface area contributed by atoms with Gasteiger partial charge in [0.15, 0.2) is 0 Å². The Morgan fingerprint density at radius 1 is 1.00 bits per heavy atom. The van der Waals surface area contributed by atoms with Gasteiger partial charge in [-0.15, -0.1) is 13.2 Å². The summed E-state index contributed by atoms with van der Waals surface area (Å²) in [6.45, 7) is 10.8. The second-order valence-electron chi connectivity index (χ2n) is 2.96. The summed E-state index contributed by atoms with van der Waals surface area (Å²) in [6.07, 6.45) is 6.08. The minimum absolute atomic E-state index is 0.366. The molecule has 0 spiro atoms. The first kappa shape index (κ1) is 14.2. The third kappa shape index (κ3) is 9.70. The molecule has 0 aromatic carbocycles. The van der Waals surface area contributed by atoms with Crippen LogP contribution in [0.25, 0.3) is 0 Å². The topological polar surface area (TPSA) is 20.2 Å². The first-order chi connectivity index (χ1) is 5.85. The number of hydrogen-bond donors (Lipinski definition) is 1. The van der Waals surface area contributed by atoms with Gasteiger partial charge in [0.2, 0.25) is 0 Å². The van der Waals surface area contributed by atoms with Crippen LogP contribution in [0.4, 0.5) is 0 Å². The van der Waals surface area contributed by atoms with Crippen molar-refractivity contribution < 1.29 is 5.11 Å². The predicted octanol–water partition coefficient (Wildman–Crippen LogP) is 3.39. The van der Waals surface area contributed by atoms with Crippen LogP contribution in [0.3, 0.4) is 0 Å². The Balaban J connectivity index is 0. The van der Waals surface area contributed by atoms with E-state index in [-0.39, 0.29) is 0 Å². The first-order valence-electron chi connectivity index (χ1n) is 4.96. The summed E-state index contributed by atoms with van der Waals surface area (Å²) in [5.74, 6) is 0.778. The van der Waals surface area contributed by atoms with Crippen LogP contribution in [-0.2, 0) is 0 Å². The van der Waals surface area contributed by atoms with Gasteiger partial charge in [-0.05, 0) is 12.3 Å². The van der Waals surface area contributed by atoms with Gasteiger partial charge in [-0.2, -0.15) is 0 Å². The van der Waals surface area contributed by atoms with E-state index in [1.165, 1.54) is 25.7 Å². The molecular weight excluding hydrogens is 148 g/mol. The predicted molar refractivity (Wildman–Crippen MR) is 56.3 cm³/mol. The molecule has 0 amide bonds. The smallest absolute Gasteiger partial charge is 0.0433 e. The number of aliphatic hydroxyl groups excluding tert-OH is 1. The molecule has 1 heteroatoms. The van der Waals surface area contributed by atoms with Crippen LogP contribution >= 0.6 is 0 Å². The minimum atomic E-state index is 0.366. The number of rotatable bonds is 6. The highest BCUT2D eigenvalue weighted by atomic mass is 16.3. The quantitative estimate of drug-likeness (QED) is 0.609. The largest absolute Gasteiger partial charge is 0.396 e. The molecule has 0 aromatic rings. The van der Waals surface area contributed by atoms with E-state index in [2.05, 4.69) is 27.0 Å². The second kappa shape index (κ2) is 13.3. The van der Waals surface area contributed by atoms with Gasteiger partial charge in [0, 0.05) is 6.61 Å². The lowest BCUT2D eigenvalue weighted by molar-refractivity contribution is 0.245. The standard InChI is InChI=1S/C9H20O.C2H4/c1-3-5-9(6-4-2)7-8-10;1-2/h9-10H,3-8H2,1-2H3;1-2H2. The average Bonchev–Trinajstić information content (AvgIpc) is 2.10. The van der Waals surface area contributed by atoms with Crippen LogP contribution in [-0.4, -0.2) is 11.7 Å². The van der Waals surface area contributed by atoms with Crippen LogP contribution in [0.15, 0.2) is 13.2 Å². The summed E-state index contributed by atoms with van der Waals surface area (Å²) in [7, 11) is 0. The lowest BCUT2D eigenvalue weighted by Crippen LogP contribution is -2.01. The molecule has 1 nitrogen and oxygen atoms in total. The molecule has 0 aliphatic heterocycles. The molecule has 0 rings (SSSR count). The molecule has 0 radical (unpaired) electrons. The molecule has 0 saturated heterocycles. The summed E-state index contributed by atoms with van der Waals surface area (Å²) in [5, 5.41) is 8.69. The molecule has 0 fully saturated rings. The maximum atomic E-state index is 8.69. The fourth-order valence-electron chi connectivity index (χ4n) is 1.43. The number of hydrogen-bond acceptors (Lipinski definition) is 1.